The van der Waals surface area contributed by atoms with Crippen molar-refractivity contribution in [2.45, 2.75) is 63.0 Å². The molecule has 0 saturated carbocycles. The maximum absolute atomic E-state index is 13.6. The highest BCUT2D eigenvalue weighted by atomic mass is 35.5. The summed E-state index contributed by atoms with van der Waals surface area (Å²) in [5.41, 5.74) is 3.44. The topological polar surface area (TPSA) is 140 Å². The smallest absolute Gasteiger partial charge is 0.285 e. The lowest BCUT2D eigenvalue weighted by Gasteiger charge is -2.47. The Bertz CT molecular complexity index is 1760. The lowest BCUT2D eigenvalue weighted by molar-refractivity contribution is -0.138. The van der Waals surface area contributed by atoms with E-state index in [9.17, 15) is 19.2 Å². The Kier molecular flexibility index (Phi) is 9.83. The molecular formula is C37H44ClN7O5. The normalized spacial score (nSPS) is 24.2. The number of hydrogen-bond donors (Lipinski definition) is 3. The molecule has 5 heterocycles. The first-order valence-electron chi connectivity index (χ1n) is 17.6. The quantitative estimate of drug-likeness (QED) is 0.312. The minimum Gasteiger partial charge on any atom is -0.481 e. The van der Waals surface area contributed by atoms with Gasteiger partial charge in [-0.15, -0.1) is 0 Å². The molecular weight excluding hydrogens is 658 g/mol. The summed E-state index contributed by atoms with van der Waals surface area (Å²) in [5.74, 6) is 0.365. The Morgan fingerprint density at radius 1 is 0.960 bits per heavy atom. The highest BCUT2D eigenvalue weighted by Crippen LogP contribution is 2.42. The van der Waals surface area contributed by atoms with Crippen LogP contribution in [0, 0.1) is 5.41 Å². The molecule has 1 unspecified atom stereocenters. The van der Waals surface area contributed by atoms with Crippen molar-refractivity contribution in [3.8, 4) is 5.75 Å². The lowest BCUT2D eigenvalue weighted by atomic mass is 9.71. The first-order valence-corrected chi connectivity index (χ1v) is 18.0. The average Bonchev–Trinajstić information content (AvgIpc) is 3.12. The van der Waals surface area contributed by atoms with Gasteiger partial charge in [-0.05, 0) is 92.4 Å². The second kappa shape index (κ2) is 14.4. The summed E-state index contributed by atoms with van der Waals surface area (Å²) in [6.45, 7) is 5.19. The van der Waals surface area contributed by atoms with Crippen LogP contribution in [0.5, 0.6) is 5.75 Å². The second-order valence-corrected chi connectivity index (χ2v) is 14.8. The van der Waals surface area contributed by atoms with Gasteiger partial charge in [0.2, 0.25) is 5.91 Å². The van der Waals surface area contributed by atoms with Crippen LogP contribution in [0.4, 0.5) is 11.4 Å². The largest absolute Gasteiger partial charge is 0.481 e. The third-order valence-electron chi connectivity index (χ3n) is 11.0. The van der Waals surface area contributed by atoms with Crippen molar-refractivity contribution in [1.29, 1.82) is 0 Å². The maximum atomic E-state index is 13.6. The zero-order chi connectivity index (χ0) is 34.8. The number of benzene rings is 2. The number of likely N-dealkylation sites (N-methyl/N-ethyl adjacent to an activating group) is 1. The van der Waals surface area contributed by atoms with E-state index in [1.165, 1.54) is 5.56 Å². The minimum atomic E-state index is -0.638. The molecule has 0 radical (unpaired) electrons. The first kappa shape index (κ1) is 34.0. The Labute approximate surface area is 296 Å². The summed E-state index contributed by atoms with van der Waals surface area (Å²) in [6.07, 6.45) is 6.67. The van der Waals surface area contributed by atoms with E-state index >= 15 is 0 Å². The predicted molar refractivity (Wildman–Crippen MR) is 191 cm³/mol. The number of likely N-dealkylation sites (tertiary alicyclic amines) is 2. The van der Waals surface area contributed by atoms with Crippen LogP contribution in [0.15, 0.2) is 59.5 Å². The van der Waals surface area contributed by atoms with Crippen molar-refractivity contribution >= 4 is 40.7 Å². The number of imide groups is 1. The second-order valence-electron chi connectivity index (χ2n) is 14.4. The number of rotatable bonds is 7. The molecule has 4 saturated heterocycles. The van der Waals surface area contributed by atoms with E-state index in [4.69, 9.17) is 16.3 Å². The molecule has 3 atom stereocenters. The predicted octanol–water partition coefficient (Wildman–Crippen LogP) is 4.03. The Balaban J connectivity index is 0.886. The van der Waals surface area contributed by atoms with Gasteiger partial charge >= 0.3 is 0 Å². The van der Waals surface area contributed by atoms with Gasteiger partial charge in [-0.1, -0.05) is 23.7 Å². The molecule has 264 valence electrons. The molecule has 3 aromatic rings. The molecule has 1 spiro atoms. The maximum Gasteiger partial charge on any atom is 0.285 e. The van der Waals surface area contributed by atoms with E-state index < -0.39 is 11.7 Å². The molecule has 0 bridgehead atoms. The van der Waals surface area contributed by atoms with Crippen LogP contribution in [0.2, 0.25) is 5.02 Å². The van der Waals surface area contributed by atoms with Crippen molar-refractivity contribution in [2.75, 3.05) is 56.5 Å². The van der Waals surface area contributed by atoms with Crippen molar-refractivity contribution < 1.29 is 19.1 Å². The average molecular weight is 702 g/mol. The van der Waals surface area contributed by atoms with Gasteiger partial charge in [-0.25, -0.2) is 5.10 Å². The number of halogens is 1. The molecule has 3 N–H and O–H groups in total. The van der Waals surface area contributed by atoms with Crippen molar-refractivity contribution in [1.82, 2.24) is 25.3 Å². The zero-order valence-electron chi connectivity index (χ0n) is 28.3. The third kappa shape index (κ3) is 7.51. The van der Waals surface area contributed by atoms with Gasteiger partial charge < -0.3 is 24.8 Å². The van der Waals surface area contributed by atoms with E-state index in [1.54, 1.807) is 6.20 Å². The van der Waals surface area contributed by atoms with E-state index in [2.05, 4.69) is 49.8 Å². The highest BCUT2D eigenvalue weighted by Gasteiger charge is 2.39. The summed E-state index contributed by atoms with van der Waals surface area (Å²) in [7, 11) is 2.09. The molecule has 2 aromatic carbocycles. The van der Waals surface area contributed by atoms with Crippen LogP contribution >= 0.6 is 11.6 Å². The van der Waals surface area contributed by atoms with Crippen molar-refractivity contribution in [2.24, 2.45) is 5.41 Å². The summed E-state index contributed by atoms with van der Waals surface area (Å²) < 4.78 is 5.84. The number of carbonyl (C=O) groups is 3. The molecule has 7 rings (SSSR count). The number of ether oxygens (including phenoxy) is 1. The summed E-state index contributed by atoms with van der Waals surface area (Å²) in [6, 6.07) is 16.1. The number of carbonyl (C=O) groups excluding carboxylic acids is 3. The lowest BCUT2D eigenvalue weighted by Crippen LogP contribution is -2.48. The summed E-state index contributed by atoms with van der Waals surface area (Å²) >= 11 is 6.20. The van der Waals surface area contributed by atoms with Crippen LogP contribution in [-0.2, 0) is 9.59 Å². The van der Waals surface area contributed by atoms with E-state index in [0.29, 0.717) is 24.3 Å². The molecule has 1 aromatic heterocycles. The van der Waals surface area contributed by atoms with Crippen LogP contribution in [0.25, 0.3) is 0 Å². The molecule has 4 fully saturated rings. The number of nitrogens with one attached hydrogen (secondary N) is 3. The van der Waals surface area contributed by atoms with Gasteiger partial charge in [0.15, 0.2) is 6.10 Å². The van der Waals surface area contributed by atoms with Gasteiger partial charge in [-0.2, -0.15) is 5.10 Å². The monoisotopic (exact) mass is 701 g/mol. The third-order valence-corrected chi connectivity index (χ3v) is 11.4. The number of aromatic nitrogens is 2. The Hall–Kier alpha value is -4.42. The van der Waals surface area contributed by atoms with Gasteiger partial charge in [0, 0.05) is 69.4 Å². The van der Waals surface area contributed by atoms with Crippen molar-refractivity contribution in [3.63, 3.8) is 0 Å². The molecule has 4 aliphatic rings. The number of anilines is 2. The van der Waals surface area contributed by atoms with Gasteiger partial charge in [0.1, 0.15) is 10.8 Å². The van der Waals surface area contributed by atoms with Crippen LogP contribution in [0.1, 0.15) is 66.8 Å². The molecule has 0 aliphatic carbocycles. The highest BCUT2D eigenvalue weighted by molar-refractivity contribution is 6.32. The van der Waals surface area contributed by atoms with E-state index in [-0.39, 0.29) is 40.1 Å². The van der Waals surface area contributed by atoms with Crippen molar-refractivity contribution in [3.05, 3.63) is 81.2 Å². The van der Waals surface area contributed by atoms with Crippen LogP contribution < -0.4 is 25.8 Å². The number of hydrogen-bond acceptors (Lipinski definition) is 9. The first-order chi connectivity index (χ1) is 24.1. The van der Waals surface area contributed by atoms with Crippen LogP contribution in [0.3, 0.4) is 0 Å². The molecule has 4 aliphatic heterocycles. The Morgan fingerprint density at radius 2 is 1.66 bits per heavy atom. The van der Waals surface area contributed by atoms with E-state index in [1.807, 2.05) is 41.3 Å². The van der Waals surface area contributed by atoms with Gasteiger partial charge in [0.25, 0.3) is 17.4 Å². The number of amides is 3. The SMILES string of the molecule is CN1C[C@H](Nc2cn[nH]c(=O)c2Cl)C[C@H](c2ccc(C(=O)N3CCC4(CC3)CCN(c3ccc(OC5CCC(=O)NC5=O)cc3)CC4)cc2)C1. The van der Waals surface area contributed by atoms with E-state index in [0.717, 1.165) is 82.6 Å². The fraction of sp³-hybridized carbons (Fsp3) is 0.486. The minimum absolute atomic E-state index is 0.0974. The van der Waals surface area contributed by atoms with Gasteiger partial charge in [-0.3, -0.25) is 24.5 Å². The number of piperidine rings is 4. The van der Waals surface area contributed by atoms with Gasteiger partial charge in [0.05, 0.1) is 11.9 Å². The fourth-order valence-corrected chi connectivity index (χ4v) is 8.20. The van der Waals surface area contributed by atoms with Crippen LogP contribution in [-0.4, -0.2) is 96.2 Å². The zero-order valence-corrected chi connectivity index (χ0v) is 29.1. The summed E-state index contributed by atoms with van der Waals surface area (Å²) in [4.78, 5) is 55.6. The molecule has 12 nitrogen and oxygen atoms in total. The molecule has 3 amide bonds. The summed E-state index contributed by atoms with van der Waals surface area (Å²) in [5, 5.41) is 12.1. The number of H-pyrrole nitrogens is 1. The number of aromatic amines is 1. The Morgan fingerprint density at radius 3 is 2.36 bits per heavy atom. The number of nitrogens with zero attached hydrogens (tertiary/aromatic N) is 4. The molecule has 50 heavy (non-hydrogen) atoms. The standard InChI is InChI=1S/C37H44ClN7O5/c1-43-22-26(20-27(23-43)40-30-21-39-42-35(48)33(30)38)24-2-4-25(5-3-24)36(49)45-18-14-37(15-19-45)12-16-44(17-13-37)28-6-8-29(9-7-28)50-31-10-11-32(46)41-34(31)47/h2-9,21,26-27,31H,10-20,22-23H2,1H3,(H2,40,42,48)(H,41,46,47)/t26-,27+,31?/m0/s1. The molecule has 13 heteroatoms. The fourth-order valence-electron chi connectivity index (χ4n) is 8.06.